The van der Waals surface area contributed by atoms with E-state index in [1.807, 2.05) is 66.7 Å². The van der Waals surface area contributed by atoms with Gasteiger partial charge in [-0.2, -0.15) is 0 Å². The van der Waals surface area contributed by atoms with Gasteiger partial charge >= 0.3 is 5.97 Å². The predicted molar refractivity (Wildman–Crippen MR) is 131 cm³/mol. The highest BCUT2D eigenvalue weighted by molar-refractivity contribution is 5.94. The number of hydrogen-bond acceptors (Lipinski definition) is 4. The maximum absolute atomic E-state index is 13.1. The molecule has 0 aliphatic heterocycles. The van der Waals surface area contributed by atoms with Crippen molar-refractivity contribution in [1.82, 2.24) is 10.6 Å². The molecule has 2 unspecified atom stereocenters. The molecule has 6 heteroatoms. The summed E-state index contributed by atoms with van der Waals surface area (Å²) in [4.78, 5) is 38.2. The van der Waals surface area contributed by atoms with Crippen LogP contribution < -0.4 is 10.6 Å². The topological polar surface area (TPSA) is 84.5 Å². The van der Waals surface area contributed by atoms with Crippen molar-refractivity contribution in [2.75, 3.05) is 0 Å². The van der Waals surface area contributed by atoms with Crippen LogP contribution in [0, 0.1) is 0 Å². The number of esters is 1. The third-order valence-corrected chi connectivity index (χ3v) is 5.21. The fourth-order valence-corrected chi connectivity index (χ4v) is 3.62. The molecule has 0 fully saturated rings. The van der Waals surface area contributed by atoms with E-state index in [9.17, 15) is 14.4 Å². The van der Waals surface area contributed by atoms with E-state index in [-0.39, 0.29) is 36.7 Å². The average Bonchev–Trinajstić information content (AvgIpc) is 2.84. The van der Waals surface area contributed by atoms with E-state index in [4.69, 9.17) is 4.74 Å². The summed E-state index contributed by atoms with van der Waals surface area (Å²) in [5.41, 5.74) is 2.14. The van der Waals surface area contributed by atoms with Gasteiger partial charge in [-0.15, -0.1) is 0 Å². The third kappa shape index (κ3) is 7.59. The number of hydrogen-bond donors (Lipinski definition) is 2. The van der Waals surface area contributed by atoms with Crippen molar-refractivity contribution in [3.63, 3.8) is 0 Å². The second kappa shape index (κ2) is 12.3. The van der Waals surface area contributed by atoms with E-state index >= 15 is 0 Å². The van der Waals surface area contributed by atoms with Crippen molar-refractivity contribution in [3.8, 4) is 0 Å². The van der Waals surface area contributed by atoms with Crippen molar-refractivity contribution in [3.05, 3.63) is 108 Å². The first kappa shape index (κ1) is 24.7. The zero-order valence-electron chi connectivity index (χ0n) is 19.4. The third-order valence-electron chi connectivity index (χ3n) is 5.21. The van der Waals surface area contributed by atoms with Gasteiger partial charge in [0, 0.05) is 5.56 Å². The van der Waals surface area contributed by atoms with Crippen LogP contribution in [0.4, 0.5) is 0 Å². The van der Waals surface area contributed by atoms with Crippen LogP contribution in [0.25, 0.3) is 0 Å². The molecule has 3 aromatic carbocycles. The van der Waals surface area contributed by atoms with Gasteiger partial charge in [0.15, 0.2) is 0 Å². The second-order valence-corrected chi connectivity index (χ2v) is 8.28. The van der Waals surface area contributed by atoms with E-state index in [1.165, 1.54) is 0 Å². The molecule has 176 valence electrons. The Labute approximate surface area is 200 Å². The molecule has 0 saturated carbocycles. The summed E-state index contributed by atoms with van der Waals surface area (Å²) in [7, 11) is 0. The molecule has 0 spiro atoms. The zero-order chi connectivity index (χ0) is 24.3. The molecule has 0 heterocycles. The SMILES string of the molecule is CC(C)OC(=O)CC(NC(=O)CC(NC(=O)c1ccccc1)c1ccccc1)c1ccccc1. The Kier molecular flexibility index (Phi) is 8.97. The molecule has 6 nitrogen and oxygen atoms in total. The maximum Gasteiger partial charge on any atom is 0.308 e. The molecular formula is C28H30N2O4. The average molecular weight is 459 g/mol. The van der Waals surface area contributed by atoms with E-state index in [1.54, 1.807) is 38.1 Å². The molecule has 2 N–H and O–H groups in total. The maximum atomic E-state index is 13.1. The lowest BCUT2D eigenvalue weighted by Crippen LogP contribution is -2.36. The first-order chi connectivity index (χ1) is 16.4. The van der Waals surface area contributed by atoms with Crippen LogP contribution in [0.1, 0.15) is 60.3 Å². The first-order valence-corrected chi connectivity index (χ1v) is 11.4. The van der Waals surface area contributed by atoms with Crippen LogP contribution >= 0.6 is 0 Å². The van der Waals surface area contributed by atoms with Crippen molar-refractivity contribution < 1.29 is 19.1 Å². The summed E-state index contributed by atoms with van der Waals surface area (Å²) in [5.74, 6) is -0.933. The summed E-state index contributed by atoms with van der Waals surface area (Å²) < 4.78 is 5.29. The highest BCUT2D eigenvalue weighted by atomic mass is 16.5. The van der Waals surface area contributed by atoms with E-state index in [0.29, 0.717) is 5.56 Å². The lowest BCUT2D eigenvalue weighted by Gasteiger charge is -2.23. The molecule has 0 aliphatic rings. The fourth-order valence-electron chi connectivity index (χ4n) is 3.62. The number of carbonyl (C=O) groups is 3. The lowest BCUT2D eigenvalue weighted by molar-refractivity contribution is -0.148. The number of nitrogens with one attached hydrogen (secondary N) is 2. The van der Waals surface area contributed by atoms with Gasteiger partial charge in [-0.25, -0.2) is 0 Å². The Balaban J connectivity index is 1.75. The van der Waals surface area contributed by atoms with Crippen LogP contribution in [-0.2, 0) is 14.3 Å². The van der Waals surface area contributed by atoms with Gasteiger partial charge in [-0.3, -0.25) is 14.4 Å². The molecule has 3 rings (SSSR count). The van der Waals surface area contributed by atoms with Crippen molar-refractivity contribution in [2.45, 2.75) is 44.9 Å². The van der Waals surface area contributed by atoms with Crippen molar-refractivity contribution in [2.24, 2.45) is 0 Å². The lowest BCUT2D eigenvalue weighted by atomic mass is 10.0. The van der Waals surface area contributed by atoms with Gasteiger partial charge in [-0.1, -0.05) is 78.9 Å². The molecule has 2 atom stereocenters. The highest BCUT2D eigenvalue weighted by Gasteiger charge is 2.24. The van der Waals surface area contributed by atoms with E-state index in [0.717, 1.165) is 11.1 Å². The predicted octanol–water partition coefficient (Wildman–Crippen LogP) is 4.75. The minimum absolute atomic E-state index is 0.0142. The Hall–Kier alpha value is -3.93. The van der Waals surface area contributed by atoms with Crippen LogP contribution in [0.5, 0.6) is 0 Å². The van der Waals surface area contributed by atoms with Gasteiger partial charge in [-0.05, 0) is 37.1 Å². The van der Waals surface area contributed by atoms with Crippen molar-refractivity contribution in [1.29, 1.82) is 0 Å². The smallest absolute Gasteiger partial charge is 0.308 e. The molecule has 34 heavy (non-hydrogen) atoms. The number of carbonyl (C=O) groups excluding carboxylic acids is 3. The van der Waals surface area contributed by atoms with Gasteiger partial charge in [0.2, 0.25) is 5.91 Å². The van der Waals surface area contributed by atoms with Gasteiger partial charge in [0.1, 0.15) is 0 Å². The molecule has 0 bridgehead atoms. The van der Waals surface area contributed by atoms with Crippen molar-refractivity contribution >= 4 is 17.8 Å². The second-order valence-electron chi connectivity index (χ2n) is 8.28. The summed E-state index contributed by atoms with van der Waals surface area (Å²) in [6.07, 6.45) is -0.207. The van der Waals surface area contributed by atoms with Gasteiger partial charge < -0.3 is 15.4 Å². The molecule has 3 aromatic rings. The normalized spacial score (nSPS) is 12.4. The molecule has 0 aromatic heterocycles. The minimum Gasteiger partial charge on any atom is -0.463 e. The van der Waals surface area contributed by atoms with Crippen LogP contribution in [0.15, 0.2) is 91.0 Å². The molecule has 0 aliphatic carbocycles. The molecule has 2 amide bonds. The molecule has 0 radical (unpaired) electrons. The standard InChI is InChI=1S/C28H30N2O4/c1-20(2)34-27(32)19-25(22-14-8-4-9-15-22)29-26(31)18-24(21-12-6-3-7-13-21)30-28(33)23-16-10-5-11-17-23/h3-17,20,24-25H,18-19H2,1-2H3,(H,29,31)(H,30,33). The minimum atomic E-state index is -0.541. The summed E-state index contributed by atoms with van der Waals surface area (Å²) in [5, 5.41) is 5.93. The Bertz CT molecular complexity index is 1070. The number of benzene rings is 3. The zero-order valence-corrected chi connectivity index (χ0v) is 19.4. The van der Waals surface area contributed by atoms with Crippen LogP contribution in [0.2, 0.25) is 0 Å². The summed E-state index contributed by atoms with van der Waals surface area (Å²) >= 11 is 0. The first-order valence-electron chi connectivity index (χ1n) is 11.4. The summed E-state index contributed by atoms with van der Waals surface area (Å²) in [6.45, 7) is 3.57. The highest BCUT2D eigenvalue weighted by Crippen LogP contribution is 2.21. The van der Waals surface area contributed by atoms with E-state index in [2.05, 4.69) is 10.6 Å². The number of rotatable bonds is 10. The largest absolute Gasteiger partial charge is 0.463 e. The van der Waals surface area contributed by atoms with Crippen LogP contribution in [0.3, 0.4) is 0 Å². The van der Waals surface area contributed by atoms with Gasteiger partial charge in [0.25, 0.3) is 5.91 Å². The molecular weight excluding hydrogens is 428 g/mol. The Morgan fingerprint density at radius 2 is 1.15 bits per heavy atom. The monoisotopic (exact) mass is 458 g/mol. The fraction of sp³-hybridized carbons (Fsp3) is 0.250. The Morgan fingerprint density at radius 3 is 1.65 bits per heavy atom. The quantitative estimate of drug-likeness (QED) is 0.430. The summed E-state index contributed by atoms with van der Waals surface area (Å²) in [6, 6.07) is 26.5. The van der Waals surface area contributed by atoms with Crippen LogP contribution in [-0.4, -0.2) is 23.9 Å². The molecule has 0 saturated heterocycles. The van der Waals surface area contributed by atoms with Gasteiger partial charge in [0.05, 0.1) is 31.0 Å². The van der Waals surface area contributed by atoms with E-state index < -0.39 is 12.1 Å². The number of amides is 2. The Morgan fingerprint density at radius 1 is 0.676 bits per heavy atom. The number of ether oxygens (including phenoxy) is 1.